The smallest absolute Gasteiger partial charge is 0.193 e. The lowest BCUT2D eigenvalue weighted by molar-refractivity contribution is -0.400. The molecule has 0 saturated carbocycles. The Morgan fingerprint density at radius 3 is 0.573 bits per heavy atom. The second kappa shape index (κ2) is 40.4. The summed E-state index contributed by atoms with van der Waals surface area (Å²) in [6.45, 7) is 1.39. The first kappa shape index (κ1) is 86.0. The molecule has 21 saturated heterocycles. The van der Waals surface area contributed by atoms with Crippen LogP contribution in [0.5, 0.6) is 0 Å². The quantitative estimate of drug-likeness (QED) is 0.0479. The summed E-state index contributed by atoms with van der Waals surface area (Å²) >= 11 is 0. The summed E-state index contributed by atoms with van der Waals surface area (Å²) < 4.78 is 171. The molecule has 21 aliphatic heterocycles. The van der Waals surface area contributed by atoms with Crippen molar-refractivity contribution in [2.24, 2.45) is 0 Å². The molecule has 0 unspecified atom stereocenters. The van der Waals surface area contributed by atoms with Gasteiger partial charge in [-0.2, -0.15) is 0 Å². The third-order valence-electron chi connectivity index (χ3n) is 19.2. The molecule has 22 rings (SSSR count). The Morgan fingerprint density at radius 2 is 0.447 bits per heavy atom. The fourth-order valence-electron chi connectivity index (χ4n) is 14.1. The molecule has 0 radical (unpaired) electrons. The lowest BCUT2D eigenvalue weighted by Crippen LogP contribution is -2.69. The van der Waals surface area contributed by atoms with E-state index in [9.17, 15) is 45.6 Å². The lowest BCUT2D eigenvalue weighted by Gasteiger charge is -2.51. The van der Waals surface area contributed by atoms with Crippen LogP contribution in [-0.4, -0.2) is 413 Å². The van der Waals surface area contributed by atoms with Gasteiger partial charge in [-0.25, -0.2) is 0 Å². The molecule has 14 bridgehead atoms. The number of hydrogen-bond donors (Lipinski definition) is 8. The molecule has 1 aromatic carbocycles. The van der Waals surface area contributed by atoms with Crippen molar-refractivity contribution < 1.29 is 178 Å². The molecule has 0 amide bonds. The van der Waals surface area contributed by atoms with Crippen LogP contribution in [0.1, 0.15) is 24.2 Å². The molecule has 21 heterocycles. The molecule has 103 heavy (non-hydrogen) atoms. The Hall–Kier alpha value is -2.55. The van der Waals surface area contributed by atoms with Gasteiger partial charge in [-0.05, 0) is 13.8 Å². The number of ketones is 1. The van der Waals surface area contributed by atoms with Gasteiger partial charge in [-0.3, -0.25) is 4.79 Å². The highest BCUT2D eigenvalue weighted by Gasteiger charge is 2.61. The molecule has 0 aliphatic carbocycles. The average molecular weight is 1500 g/mol. The number of carbonyl (C=O) groups is 1. The molecular formula is C66H110O37. The zero-order valence-electron chi connectivity index (χ0n) is 61.0. The van der Waals surface area contributed by atoms with Crippen LogP contribution in [0.2, 0.25) is 0 Å². The Bertz CT molecular complexity index is 2180. The number of ether oxygens (including phenoxy) is 28. The van der Waals surface area contributed by atoms with E-state index in [2.05, 4.69) is 0 Å². The molecule has 596 valence electrons. The Labute approximate surface area is 598 Å². The van der Waals surface area contributed by atoms with Crippen molar-refractivity contribution in [1.82, 2.24) is 0 Å². The van der Waals surface area contributed by atoms with E-state index in [1.807, 2.05) is 6.07 Å². The Kier molecular flexibility index (Phi) is 33.8. The van der Waals surface area contributed by atoms with Gasteiger partial charge in [0.2, 0.25) is 0 Å². The molecule has 1 aromatic rings. The van der Waals surface area contributed by atoms with Crippen LogP contribution >= 0.6 is 0 Å². The molecule has 37 nitrogen and oxygen atoms in total. The van der Waals surface area contributed by atoms with E-state index < -0.39 is 221 Å². The minimum atomic E-state index is -1.62. The number of methoxy groups -OCH3 is 14. The van der Waals surface area contributed by atoms with E-state index in [0.717, 1.165) is 0 Å². The van der Waals surface area contributed by atoms with Crippen LogP contribution in [0.4, 0.5) is 0 Å². The topological polar surface area (TPSA) is 437 Å². The van der Waals surface area contributed by atoms with Crippen LogP contribution in [-0.2, 0) is 133 Å². The normalized spacial score (nSPS) is 44.3. The van der Waals surface area contributed by atoms with Crippen molar-refractivity contribution >= 4 is 5.78 Å². The van der Waals surface area contributed by atoms with Gasteiger partial charge >= 0.3 is 0 Å². The maximum absolute atomic E-state index is 12.3. The number of aliphatic hydroxyl groups is 8. The highest BCUT2D eigenvalue weighted by Crippen LogP contribution is 2.41. The average Bonchev–Trinajstić information content (AvgIpc) is 0.786. The van der Waals surface area contributed by atoms with Crippen molar-refractivity contribution in [2.75, 3.05) is 146 Å². The molecule has 0 aromatic heterocycles. The molecule has 21 aliphatic rings. The van der Waals surface area contributed by atoms with Gasteiger partial charge < -0.3 is 173 Å². The zero-order chi connectivity index (χ0) is 75.1. The first-order valence-corrected chi connectivity index (χ1v) is 33.8. The maximum atomic E-state index is 12.3. The van der Waals surface area contributed by atoms with E-state index in [4.69, 9.17) is 133 Å². The van der Waals surface area contributed by atoms with Gasteiger partial charge in [-0.15, -0.1) is 0 Å². The van der Waals surface area contributed by atoms with Crippen LogP contribution < -0.4 is 0 Å². The number of Topliss-reactive ketones (excluding diaryl/α,β-unsaturated/α-hetero) is 1. The minimum absolute atomic E-state index is 0.227. The predicted octanol–water partition coefficient (Wildman–Crippen LogP) is -4.43. The molecule has 0 spiro atoms. The largest absolute Gasteiger partial charge is 0.387 e. The van der Waals surface area contributed by atoms with Crippen LogP contribution in [0.3, 0.4) is 0 Å². The SMILES string of the molecule is CC(C)(O)C(=O)c1ccccc1.COC[C@H]1O[C@@H]2O[C@H]3[C@H](O)[C@@H](OC)[C@@H](O[C@H]4[C@H](O)[C@@H](OC)[C@@H](O[C@H]5[C@H](O)[C@@H](OC)[C@@H](O[C@H]6[C@H](O)[C@@H](OC)[C@@H](O[C@H]7[C@H](O)[C@@H](OC)[C@@H](O[C@H]8[C@H](O)[C@H](OC)[C@@H](O[C@H]1[C@H](O)[C@@H]2OC)O[C@@H]8COC)O[C@@H]7COC)O[C@@H]6COC)O[C@@H]5COC)O[C@@H]4COC)O[C@@H]3COC. The second-order valence-corrected chi connectivity index (χ2v) is 26.3. The number of hydrogen-bond acceptors (Lipinski definition) is 37. The van der Waals surface area contributed by atoms with Crippen molar-refractivity contribution in [3.05, 3.63) is 35.9 Å². The second-order valence-electron chi connectivity index (χ2n) is 26.3. The summed E-state index contributed by atoms with van der Waals surface area (Å²) in [5.74, 6) is -0.247. The Morgan fingerprint density at radius 1 is 0.291 bits per heavy atom. The van der Waals surface area contributed by atoms with Crippen molar-refractivity contribution in [2.45, 2.75) is 234 Å². The van der Waals surface area contributed by atoms with Gasteiger partial charge in [0.15, 0.2) is 49.8 Å². The standard InChI is InChI=1S/C56H98O35.C10H12O2/c1-64-15-22-36-29(57)43(71-8)50(78-22)86-37-23(16-65-2)80-52(45(73-10)30(37)58)88-39-25(18-67-4)82-54(47(75-12)32(39)60)90-41-27(20-69-6)84-56(49(77-14)34(41)62)91-42-28(21-70-7)83-55(48(76-13)35(42)63)89-40-26(19-68-5)81-53(46(74-11)33(40)61)87-38-24(17-66-3)79-51(85-36)44(72-9)31(38)59;1-10(2,12)9(11)8-6-4-3-5-7-8/h22-63H,15-21H2,1-14H3;3-7,12H,1-2H3/t22-,23-,24-,25-,26-,27-,28-,29+,30+,31+,32+,33+,34+,35+,36-,37-,38-,39-,40-,41-,42-,43-,44-,45-,46-,47-,48+,49+,50-,51-,52-,53-,54-,55-,56-;/m1./s1. The summed E-state index contributed by atoms with van der Waals surface area (Å²) in [5, 5.41) is 95.6. The van der Waals surface area contributed by atoms with Crippen LogP contribution in [0.25, 0.3) is 0 Å². The van der Waals surface area contributed by atoms with Gasteiger partial charge in [0.1, 0.15) is 177 Å². The van der Waals surface area contributed by atoms with Crippen molar-refractivity contribution in [3.63, 3.8) is 0 Å². The minimum Gasteiger partial charge on any atom is -0.387 e. The third kappa shape index (κ3) is 19.8. The molecule has 8 N–H and O–H groups in total. The number of rotatable bonds is 23. The highest BCUT2D eigenvalue weighted by molar-refractivity contribution is 6.01. The molecule has 37 heteroatoms. The summed E-state index contributed by atoms with van der Waals surface area (Å²) in [6.07, 6.45) is -49.4. The van der Waals surface area contributed by atoms with E-state index >= 15 is 0 Å². The van der Waals surface area contributed by atoms with E-state index in [0.29, 0.717) is 5.56 Å². The van der Waals surface area contributed by atoms with Gasteiger partial charge in [0, 0.05) is 105 Å². The predicted molar refractivity (Wildman–Crippen MR) is 343 cm³/mol. The first-order chi connectivity index (χ1) is 49.4. The van der Waals surface area contributed by atoms with Crippen molar-refractivity contribution in [1.29, 1.82) is 0 Å². The summed E-state index contributed by atoms with van der Waals surface area (Å²) in [5.41, 5.74) is -0.730. The number of carbonyl (C=O) groups excluding carboxylic acids is 1. The summed E-state index contributed by atoms with van der Waals surface area (Å²) in [6, 6.07) is 8.78. The van der Waals surface area contributed by atoms with E-state index in [1.54, 1.807) is 24.3 Å². The molecular weight excluding hydrogens is 1380 g/mol. The maximum Gasteiger partial charge on any atom is 0.193 e. The van der Waals surface area contributed by atoms with Crippen LogP contribution in [0.15, 0.2) is 30.3 Å². The molecule has 21 fully saturated rings. The summed E-state index contributed by atoms with van der Waals surface area (Å²) in [7, 11) is 18.7. The first-order valence-electron chi connectivity index (χ1n) is 33.8. The number of benzene rings is 1. The summed E-state index contributed by atoms with van der Waals surface area (Å²) in [4.78, 5) is 11.4. The van der Waals surface area contributed by atoms with Crippen LogP contribution in [0, 0.1) is 0 Å². The van der Waals surface area contributed by atoms with Crippen molar-refractivity contribution in [3.8, 4) is 0 Å². The fourth-order valence-corrected chi connectivity index (χ4v) is 14.1. The molecule has 35 atom stereocenters. The number of aliphatic hydroxyl groups excluding tert-OH is 7. The van der Waals surface area contributed by atoms with Gasteiger partial charge in [0.25, 0.3) is 0 Å². The third-order valence-corrected chi connectivity index (χ3v) is 19.2. The van der Waals surface area contributed by atoms with E-state index in [-0.39, 0.29) is 52.0 Å². The fraction of sp³-hybridized carbons (Fsp3) is 0.894. The van der Waals surface area contributed by atoms with Gasteiger partial charge in [0.05, 0.1) is 46.2 Å². The Balaban J connectivity index is 0.00000101. The highest BCUT2D eigenvalue weighted by atomic mass is 16.8. The zero-order valence-corrected chi connectivity index (χ0v) is 61.0. The lowest BCUT2D eigenvalue weighted by atomic mass is 9.95. The monoisotopic (exact) mass is 1490 g/mol. The van der Waals surface area contributed by atoms with E-state index in [1.165, 1.54) is 113 Å². The van der Waals surface area contributed by atoms with Gasteiger partial charge in [-0.1, -0.05) is 30.3 Å².